The van der Waals surface area contributed by atoms with E-state index in [1.807, 2.05) is 0 Å². The zero-order chi connectivity index (χ0) is 10.5. The van der Waals surface area contributed by atoms with E-state index in [2.05, 4.69) is 6.92 Å². The SMILES string of the molecule is CCCCCCCCO.FB(F)F. The standard InChI is InChI=1S/C8H18O.BF3/c1-2-3-4-5-6-7-8-9;2-1(3)4/h9H,2-8H2,1H3;. The molecule has 5 heteroatoms. The number of hydrogen-bond acceptors (Lipinski definition) is 1. The maximum Gasteiger partial charge on any atom is 0.762 e. The third-order valence-corrected chi connectivity index (χ3v) is 1.51. The fraction of sp³-hybridized carbons (Fsp3) is 1.00. The fourth-order valence-corrected chi connectivity index (χ4v) is 0.892. The van der Waals surface area contributed by atoms with Crippen LogP contribution in [-0.4, -0.2) is 19.3 Å². The molecule has 0 aromatic carbocycles. The van der Waals surface area contributed by atoms with Crippen LogP contribution in [0.4, 0.5) is 12.9 Å². The Kier molecular flexibility index (Phi) is 16.9. The van der Waals surface area contributed by atoms with Gasteiger partial charge in [-0.25, -0.2) is 0 Å². The summed E-state index contributed by atoms with van der Waals surface area (Å²) in [6.45, 7) is 2.58. The van der Waals surface area contributed by atoms with E-state index in [1.54, 1.807) is 0 Å². The van der Waals surface area contributed by atoms with Crippen molar-refractivity contribution in [1.82, 2.24) is 0 Å². The monoisotopic (exact) mass is 198 g/mol. The van der Waals surface area contributed by atoms with Gasteiger partial charge in [0.2, 0.25) is 0 Å². The Morgan fingerprint density at radius 2 is 1.31 bits per heavy atom. The molecule has 0 bridgehead atoms. The third kappa shape index (κ3) is 33.7. The van der Waals surface area contributed by atoms with Gasteiger partial charge in [-0.3, -0.25) is 12.9 Å². The summed E-state index contributed by atoms with van der Waals surface area (Å²) in [7, 11) is -3.67. The minimum absolute atomic E-state index is 0.367. The van der Waals surface area contributed by atoms with Crippen molar-refractivity contribution in [1.29, 1.82) is 0 Å². The maximum atomic E-state index is 9.67. The highest BCUT2D eigenvalue weighted by Crippen LogP contribution is 2.03. The lowest BCUT2D eigenvalue weighted by molar-refractivity contribution is 0.282. The van der Waals surface area contributed by atoms with Crippen molar-refractivity contribution < 1.29 is 18.1 Å². The molecule has 0 aliphatic heterocycles. The van der Waals surface area contributed by atoms with Crippen LogP contribution >= 0.6 is 0 Å². The van der Waals surface area contributed by atoms with Crippen LogP contribution in [0.25, 0.3) is 0 Å². The van der Waals surface area contributed by atoms with Crippen LogP contribution in [0.2, 0.25) is 0 Å². The first-order valence-corrected chi connectivity index (χ1v) is 4.68. The lowest BCUT2D eigenvalue weighted by atomic mass is 10.1. The largest absolute Gasteiger partial charge is 0.762 e. The van der Waals surface area contributed by atoms with E-state index in [-0.39, 0.29) is 0 Å². The van der Waals surface area contributed by atoms with Gasteiger partial charge < -0.3 is 5.11 Å². The third-order valence-electron chi connectivity index (χ3n) is 1.51. The average molecular weight is 198 g/mol. The molecule has 0 aliphatic rings. The summed E-state index contributed by atoms with van der Waals surface area (Å²) < 4.78 is 29.0. The van der Waals surface area contributed by atoms with Crippen LogP contribution in [0.1, 0.15) is 45.4 Å². The Morgan fingerprint density at radius 3 is 1.69 bits per heavy atom. The normalized spacial score (nSPS) is 9.00. The van der Waals surface area contributed by atoms with E-state index in [0.29, 0.717) is 6.61 Å². The highest BCUT2D eigenvalue weighted by atomic mass is 19.4. The first-order valence-electron chi connectivity index (χ1n) is 4.68. The number of aliphatic hydroxyl groups is 1. The van der Waals surface area contributed by atoms with Crippen molar-refractivity contribution in [2.45, 2.75) is 45.4 Å². The second-order valence-corrected chi connectivity index (χ2v) is 2.74. The minimum Gasteiger partial charge on any atom is -0.396 e. The Hall–Kier alpha value is -0.185. The second-order valence-electron chi connectivity index (χ2n) is 2.74. The van der Waals surface area contributed by atoms with Gasteiger partial charge in [-0.15, -0.1) is 0 Å². The molecule has 0 rings (SSSR count). The molecule has 80 valence electrons. The van der Waals surface area contributed by atoms with Gasteiger partial charge in [-0.2, -0.15) is 0 Å². The summed E-state index contributed by atoms with van der Waals surface area (Å²) >= 11 is 0. The van der Waals surface area contributed by atoms with Gasteiger partial charge >= 0.3 is 7.54 Å². The van der Waals surface area contributed by atoms with Crippen LogP contribution in [0, 0.1) is 0 Å². The molecule has 0 aromatic rings. The van der Waals surface area contributed by atoms with Gasteiger partial charge in [0.1, 0.15) is 0 Å². The van der Waals surface area contributed by atoms with Crippen LogP contribution in [0.3, 0.4) is 0 Å². The maximum absolute atomic E-state index is 9.67. The summed E-state index contributed by atoms with van der Waals surface area (Å²) in [5, 5.41) is 8.42. The molecule has 0 amide bonds. The molecule has 0 unspecified atom stereocenters. The lowest BCUT2D eigenvalue weighted by Gasteiger charge is -1.95. The predicted molar refractivity (Wildman–Crippen MR) is 49.5 cm³/mol. The highest BCUT2D eigenvalue weighted by molar-refractivity contribution is 6.33. The molecule has 0 aromatic heterocycles. The van der Waals surface area contributed by atoms with E-state index in [0.717, 1.165) is 6.42 Å². The summed E-state index contributed by atoms with van der Waals surface area (Å²) in [6.07, 6.45) is 7.50. The zero-order valence-corrected chi connectivity index (χ0v) is 8.11. The van der Waals surface area contributed by atoms with Gasteiger partial charge in [0, 0.05) is 6.61 Å². The number of aliphatic hydroxyl groups excluding tert-OH is 1. The summed E-state index contributed by atoms with van der Waals surface area (Å²) in [4.78, 5) is 0. The summed E-state index contributed by atoms with van der Waals surface area (Å²) in [5.41, 5.74) is 0. The van der Waals surface area contributed by atoms with Crippen molar-refractivity contribution in [3.8, 4) is 0 Å². The fourth-order valence-electron chi connectivity index (χ4n) is 0.892. The van der Waals surface area contributed by atoms with Crippen molar-refractivity contribution in [3.63, 3.8) is 0 Å². The number of hydrogen-bond donors (Lipinski definition) is 1. The number of halogens is 3. The number of rotatable bonds is 6. The van der Waals surface area contributed by atoms with E-state index in [9.17, 15) is 12.9 Å². The Labute approximate surface area is 78.6 Å². The topological polar surface area (TPSA) is 20.2 Å². The van der Waals surface area contributed by atoms with Crippen molar-refractivity contribution >= 4 is 7.54 Å². The molecule has 0 saturated heterocycles. The Bertz CT molecular complexity index is 75.0. The van der Waals surface area contributed by atoms with Crippen LogP contribution in [0.5, 0.6) is 0 Å². The molecule has 13 heavy (non-hydrogen) atoms. The van der Waals surface area contributed by atoms with Gasteiger partial charge in [-0.05, 0) is 6.42 Å². The summed E-state index contributed by atoms with van der Waals surface area (Å²) in [5.74, 6) is 0. The first-order chi connectivity index (χ1) is 6.15. The van der Waals surface area contributed by atoms with Crippen LogP contribution < -0.4 is 0 Å². The van der Waals surface area contributed by atoms with Crippen molar-refractivity contribution in [2.75, 3.05) is 6.61 Å². The van der Waals surface area contributed by atoms with Crippen LogP contribution in [0.15, 0.2) is 0 Å². The summed E-state index contributed by atoms with van der Waals surface area (Å²) in [6, 6.07) is 0. The first kappa shape index (κ1) is 15.3. The lowest BCUT2D eigenvalue weighted by Crippen LogP contribution is -1.82. The highest BCUT2D eigenvalue weighted by Gasteiger charge is 2.06. The smallest absolute Gasteiger partial charge is 0.396 e. The molecular formula is C8H18BF3O. The number of unbranched alkanes of at least 4 members (excludes halogenated alkanes) is 5. The van der Waals surface area contributed by atoms with Gasteiger partial charge in [0.15, 0.2) is 0 Å². The van der Waals surface area contributed by atoms with Gasteiger partial charge in [-0.1, -0.05) is 39.0 Å². The van der Waals surface area contributed by atoms with Crippen molar-refractivity contribution in [3.05, 3.63) is 0 Å². The van der Waals surface area contributed by atoms with Crippen molar-refractivity contribution in [2.24, 2.45) is 0 Å². The molecule has 0 heterocycles. The molecule has 0 atom stereocenters. The average Bonchev–Trinajstić information content (AvgIpc) is 2.03. The molecule has 0 radical (unpaired) electrons. The Balaban J connectivity index is 0. The quantitative estimate of drug-likeness (QED) is 0.513. The van der Waals surface area contributed by atoms with E-state index < -0.39 is 7.54 Å². The molecule has 0 spiro atoms. The van der Waals surface area contributed by atoms with Crippen LogP contribution in [-0.2, 0) is 0 Å². The zero-order valence-electron chi connectivity index (χ0n) is 8.11. The predicted octanol–water partition coefficient (Wildman–Crippen LogP) is 3.22. The molecular weight excluding hydrogens is 180 g/mol. The van der Waals surface area contributed by atoms with E-state index in [1.165, 1.54) is 32.1 Å². The molecule has 0 fully saturated rings. The minimum atomic E-state index is -3.67. The molecule has 1 N–H and O–H groups in total. The Morgan fingerprint density at radius 1 is 0.923 bits per heavy atom. The molecule has 0 saturated carbocycles. The van der Waals surface area contributed by atoms with E-state index in [4.69, 9.17) is 5.11 Å². The van der Waals surface area contributed by atoms with Gasteiger partial charge in [0.25, 0.3) is 0 Å². The van der Waals surface area contributed by atoms with Gasteiger partial charge in [0.05, 0.1) is 0 Å². The van der Waals surface area contributed by atoms with E-state index >= 15 is 0 Å². The molecule has 0 aliphatic carbocycles. The second kappa shape index (κ2) is 14.3. The molecule has 1 nitrogen and oxygen atoms in total.